The topological polar surface area (TPSA) is 88.9 Å². The van der Waals surface area contributed by atoms with Gasteiger partial charge in [-0.15, -0.1) is 11.8 Å². The Balaban J connectivity index is 1.38. The zero-order valence-electron chi connectivity index (χ0n) is 15.5. The molecule has 0 aliphatic rings. The van der Waals surface area contributed by atoms with Gasteiger partial charge < -0.3 is 0 Å². The van der Waals surface area contributed by atoms with Crippen molar-refractivity contribution in [2.75, 3.05) is 0 Å². The fraction of sp³-hybridized carbons (Fsp3) is 0.200. The average Bonchev–Trinajstić information content (AvgIpc) is 3.25. The van der Waals surface area contributed by atoms with Crippen molar-refractivity contribution in [3.63, 3.8) is 0 Å². The number of benzene rings is 2. The van der Waals surface area contributed by atoms with Crippen LogP contribution in [0.25, 0.3) is 0 Å². The molecule has 0 aliphatic carbocycles. The van der Waals surface area contributed by atoms with E-state index < -0.39 is 0 Å². The van der Waals surface area contributed by atoms with Crippen molar-refractivity contribution in [1.29, 1.82) is 0 Å². The maximum Gasteiger partial charge on any atom is 0.269 e. The molecule has 0 fully saturated rings. The number of nitrogens with one attached hydrogen (secondary N) is 2. The van der Waals surface area contributed by atoms with Crippen LogP contribution in [0.5, 0.6) is 0 Å². The summed E-state index contributed by atoms with van der Waals surface area (Å²) in [6, 6.07) is 15.0. The first-order valence-corrected chi connectivity index (χ1v) is 10.4. The average molecular weight is 430 g/mol. The standard InChI is InChI=1S/C20H20ClN5O2S/c21-17-7-9-18(10-8-17)29-12-15-3-5-16(6-4-15)20(28)25-24-19(27)2-1-11-26-14-22-13-23-26/h3-10,13-14H,1-2,11-12H2,(H,24,27)(H,25,28). The third kappa shape index (κ3) is 6.92. The van der Waals surface area contributed by atoms with E-state index in [0.29, 0.717) is 23.6 Å². The van der Waals surface area contributed by atoms with Crippen LogP contribution in [-0.4, -0.2) is 26.6 Å². The van der Waals surface area contributed by atoms with Gasteiger partial charge in [0, 0.05) is 34.2 Å². The largest absolute Gasteiger partial charge is 0.273 e. The van der Waals surface area contributed by atoms with Gasteiger partial charge in [0.2, 0.25) is 5.91 Å². The highest BCUT2D eigenvalue weighted by Gasteiger charge is 2.08. The number of halogens is 1. The lowest BCUT2D eigenvalue weighted by molar-refractivity contribution is -0.122. The molecule has 0 bridgehead atoms. The highest BCUT2D eigenvalue weighted by Crippen LogP contribution is 2.24. The predicted molar refractivity (Wildman–Crippen MR) is 112 cm³/mol. The predicted octanol–water partition coefficient (Wildman–Crippen LogP) is 3.47. The van der Waals surface area contributed by atoms with Crippen LogP contribution in [0.2, 0.25) is 5.02 Å². The lowest BCUT2D eigenvalue weighted by Gasteiger charge is -2.08. The Morgan fingerprint density at radius 3 is 2.48 bits per heavy atom. The Hall–Kier alpha value is -2.84. The molecule has 0 spiro atoms. The first kappa shape index (κ1) is 20.9. The SMILES string of the molecule is O=C(CCCn1cncn1)NNC(=O)c1ccc(CSc2ccc(Cl)cc2)cc1. The highest BCUT2D eigenvalue weighted by atomic mass is 35.5. The molecule has 0 atom stereocenters. The molecule has 0 unspecified atom stereocenters. The molecule has 2 amide bonds. The molecule has 0 saturated heterocycles. The number of aryl methyl sites for hydroxylation is 1. The lowest BCUT2D eigenvalue weighted by Crippen LogP contribution is -2.41. The molecule has 0 saturated carbocycles. The van der Waals surface area contributed by atoms with E-state index in [1.807, 2.05) is 36.4 Å². The van der Waals surface area contributed by atoms with E-state index in [9.17, 15) is 9.59 Å². The van der Waals surface area contributed by atoms with E-state index in [1.165, 1.54) is 6.33 Å². The quantitative estimate of drug-likeness (QED) is 0.423. The maximum absolute atomic E-state index is 12.2. The number of amides is 2. The van der Waals surface area contributed by atoms with Crippen molar-refractivity contribution >= 4 is 35.2 Å². The van der Waals surface area contributed by atoms with Gasteiger partial charge in [-0.2, -0.15) is 5.10 Å². The first-order chi connectivity index (χ1) is 14.1. The highest BCUT2D eigenvalue weighted by molar-refractivity contribution is 7.98. The number of carbonyl (C=O) groups is 2. The van der Waals surface area contributed by atoms with Crippen LogP contribution in [0, 0.1) is 0 Å². The number of hydrogen-bond acceptors (Lipinski definition) is 5. The van der Waals surface area contributed by atoms with Crippen molar-refractivity contribution in [1.82, 2.24) is 25.6 Å². The van der Waals surface area contributed by atoms with Gasteiger partial charge in [0.1, 0.15) is 12.7 Å². The van der Waals surface area contributed by atoms with Crippen molar-refractivity contribution in [3.05, 3.63) is 77.3 Å². The Bertz CT molecular complexity index is 931. The molecular formula is C20H20ClN5O2S. The Kier molecular flexibility index (Phi) is 7.66. The molecule has 29 heavy (non-hydrogen) atoms. The molecule has 0 aliphatic heterocycles. The molecule has 3 aromatic rings. The number of thioether (sulfide) groups is 1. The van der Waals surface area contributed by atoms with E-state index in [1.54, 1.807) is 34.9 Å². The second-order valence-corrected chi connectivity index (χ2v) is 7.69. The summed E-state index contributed by atoms with van der Waals surface area (Å²) in [5.74, 6) is 0.174. The number of carbonyl (C=O) groups excluding carboxylic acids is 2. The zero-order chi connectivity index (χ0) is 20.5. The summed E-state index contributed by atoms with van der Waals surface area (Å²) in [5.41, 5.74) is 6.44. The number of nitrogens with zero attached hydrogens (tertiary/aromatic N) is 3. The molecule has 150 valence electrons. The number of hydrazine groups is 1. The van der Waals surface area contributed by atoms with Gasteiger partial charge in [-0.05, 0) is 48.4 Å². The van der Waals surface area contributed by atoms with Gasteiger partial charge >= 0.3 is 0 Å². The van der Waals surface area contributed by atoms with Crippen molar-refractivity contribution in [2.45, 2.75) is 30.0 Å². The minimum absolute atomic E-state index is 0.255. The summed E-state index contributed by atoms with van der Waals surface area (Å²) in [4.78, 5) is 29.0. The summed E-state index contributed by atoms with van der Waals surface area (Å²) in [7, 11) is 0. The van der Waals surface area contributed by atoms with Gasteiger partial charge in [-0.25, -0.2) is 4.98 Å². The summed E-state index contributed by atoms with van der Waals surface area (Å²) in [6.45, 7) is 0.594. The molecule has 2 N–H and O–H groups in total. The molecule has 1 heterocycles. The van der Waals surface area contributed by atoms with Gasteiger partial charge in [0.25, 0.3) is 5.91 Å². The van der Waals surface area contributed by atoms with Crippen molar-refractivity contribution < 1.29 is 9.59 Å². The van der Waals surface area contributed by atoms with Crippen molar-refractivity contribution in [3.8, 4) is 0 Å². The second-order valence-electron chi connectivity index (χ2n) is 6.20. The van der Waals surface area contributed by atoms with Gasteiger partial charge in [0.15, 0.2) is 0 Å². The van der Waals surface area contributed by atoms with E-state index in [-0.39, 0.29) is 18.2 Å². The summed E-state index contributed by atoms with van der Waals surface area (Å²) >= 11 is 7.58. The van der Waals surface area contributed by atoms with Crippen LogP contribution in [0.15, 0.2) is 66.1 Å². The summed E-state index contributed by atoms with van der Waals surface area (Å²) in [6.07, 6.45) is 3.92. The third-order valence-electron chi connectivity index (χ3n) is 4.01. The van der Waals surface area contributed by atoms with Crippen LogP contribution in [0.4, 0.5) is 0 Å². The zero-order valence-corrected chi connectivity index (χ0v) is 17.1. The molecule has 0 radical (unpaired) electrons. The fourth-order valence-corrected chi connectivity index (χ4v) is 3.44. The Morgan fingerprint density at radius 2 is 1.79 bits per heavy atom. The van der Waals surface area contributed by atoms with Gasteiger partial charge in [0.05, 0.1) is 0 Å². The van der Waals surface area contributed by atoms with Gasteiger partial charge in [-0.3, -0.25) is 25.1 Å². The van der Waals surface area contributed by atoms with Crippen LogP contribution >= 0.6 is 23.4 Å². The maximum atomic E-state index is 12.2. The van der Waals surface area contributed by atoms with Gasteiger partial charge in [-0.1, -0.05) is 23.7 Å². The number of aromatic nitrogens is 3. The minimum Gasteiger partial charge on any atom is -0.273 e. The molecular weight excluding hydrogens is 410 g/mol. The monoisotopic (exact) mass is 429 g/mol. The summed E-state index contributed by atoms with van der Waals surface area (Å²) < 4.78 is 1.65. The Morgan fingerprint density at radius 1 is 1.03 bits per heavy atom. The van der Waals surface area contributed by atoms with E-state index >= 15 is 0 Å². The van der Waals surface area contributed by atoms with E-state index in [2.05, 4.69) is 20.9 Å². The third-order valence-corrected chi connectivity index (χ3v) is 5.34. The van der Waals surface area contributed by atoms with Crippen LogP contribution in [0.3, 0.4) is 0 Å². The molecule has 3 rings (SSSR count). The minimum atomic E-state index is -0.355. The second kappa shape index (κ2) is 10.6. The first-order valence-electron chi connectivity index (χ1n) is 8.99. The van der Waals surface area contributed by atoms with Crippen molar-refractivity contribution in [2.24, 2.45) is 0 Å². The number of hydrogen-bond donors (Lipinski definition) is 2. The lowest BCUT2D eigenvalue weighted by atomic mass is 10.1. The molecule has 7 nitrogen and oxygen atoms in total. The van der Waals surface area contributed by atoms with Crippen LogP contribution in [-0.2, 0) is 17.1 Å². The van der Waals surface area contributed by atoms with E-state index in [4.69, 9.17) is 11.6 Å². The van der Waals surface area contributed by atoms with Crippen LogP contribution < -0.4 is 10.9 Å². The molecule has 9 heteroatoms. The molecule has 2 aromatic carbocycles. The smallest absolute Gasteiger partial charge is 0.269 e. The normalized spacial score (nSPS) is 10.5. The van der Waals surface area contributed by atoms with E-state index in [0.717, 1.165) is 16.2 Å². The summed E-state index contributed by atoms with van der Waals surface area (Å²) in [5, 5.41) is 4.68. The molecule has 1 aromatic heterocycles. The number of rotatable bonds is 8. The Labute approximate surface area is 177 Å². The van der Waals surface area contributed by atoms with Crippen LogP contribution in [0.1, 0.15) is 28.8 Å². The fourth-order valence-electron chi connectivity index (χ4n) is 2.46.